The Morgan fingerprint density at radius 3 is 2.76 bits per heavy atom. The molecule has 0 saturated carbocycles. The summed E-state index contributed by atoms with van der Waals surface area (Å²) in [4.78, 5) is 8.88. The van der Waals surface area contributed by atoms with Crippen molar-refractivity contribution in [1.29, 1.82) is 0 Å². The molecule has 2 heterocycles. The fourth-order valence-electron chi connectivity index (χ4n) is 3.16. The van der Waals surface area contributed by atoms with E-state index in [0.717, 1.165) is 53.8 Å². The van der Waals surface area contributed by atoms with Gasteiger partial charge >= 0.3 is 0 Å². The van der Waals surface area contributed by atoms with Crippen LogP contribution < -0.4 is 10.6 Å². The summed E-state index contributed by atoms with van der Waals surface area (Å²) in [6, 6.07) is 10.1. The zero-order valence-electron chi connectivity index (χ0n) is 17.3. The molecule has 0 aliphatic heterocycles. The lowest BCUT2D eigenvalue weighted by atomic mass is 9.99. The molecule has 0 aliphatic rings. The predicted octanol–water partition coefficient (Wildman–Crippen LogP) is 3.62. The average molecular weight is 396 g/mol. The Hall–Kier alpha value is -3.16. The molecule has 2 aromatic heterocycles. The molecule has 3 N–H and O–H groups in total. The first-order valence-corrected chi connectivity index (χ1v) is 10.2. The van der Waals surface area contributed by atoms with E-state index < -0.39 is 0 Å². The molecule has 0 atom stereocenters. The Labute approximate surface area is 171 Å². The fraction of sp³-hybridized carbons (Fsp3) is 0.429. The highest BCUT2D eigenvalue weighted by Gasteiger charge is 2.13. The highest BCUT2D eigenvalue weighted by molar-refractivity contribution is 5.79. The maximum atomic E-state index is 5.49. The number of hydrogen-bond acceptors (Lipinski definition) is 5. The zero-order chi connectivity index (χ0) is 20.5. The van der Waals surface area contributed by atoms with Crippen LogP contribution in [0.5, 0.6) is 0 Å². The maximum Gasteiger partial charge on any atom is 0.191 e. The molecule has 0 aliphatic carbocycles. The van der Waals surface area contributed by atoms with Crippen LogP contribution in [0, 0.1) is 0 Å². The summed E-state index contributed by atoms with van der Waals surface area (Å²) in [5, 5.41) is 17.6. The number of H-pyrrole nitrogens is 1. The maximum absolute atomic E-state index is 5.49. The first-order valence-electron chi connectivity index (χ1n) is 10.2. The van der Waals surface area contributed by atoms with E-state index in [9.17, 15) is 0 Å². The molecular weight excluding hydrogens is 366 g/mol. The summed E-state index contributed by atoms with van der Waals surface area (Å²) in [6.07, 6.45) is 3.63. The van der Waals surface area contributed by atoms with Crippen molar-refractivity contribution in [3.63, 3.8) is 0 Å². The van der Waals surface area contributed by atoms with Gasteiger partial charge in [0.2, 0.25) is 0 Å². The van der Waals surface area contributed by atoms with Crippen LogP contribution in [-0.4, -0.2) is 32.8 Å². The van der Waals surface area contributed by atoms with E-state index in [1.807, 2.05) is 31.2 Å². The number of rotatable bonds is 9. The number of aliphatic imine (C=N–C) groups is 1. The summed E-state index contributed by atoms with van der Waals surface area (Å²) >= 11 is 0. The van der Waals surface area contributed by atoms with Crippen molar-refractivity contribution in [2.24, 2.45) is 4.99 Å². The second kappa shape index (κ2) is 10.4. The van der Waals surface area contributed by atoms with Crippen molar-refractivity contribution < 1.29 is 4.52 Å². The highest BCUT2D eigenvalue weighted by Crippen LogP contribution is 2.22. The topological polar surface area (TPSA) is 104 Å². The minimum atomic E-state index is 0.450. The third kappa shape index (κ3) is 5.66. The van der Waals surface area contributed by atoms with Crippen LogP contribution >= 0.6 is 0 Å². The molecule has 29 heavy (non-hydrogen) atoms. The van der Waals surface area contributed by atoms with Crippen LogP contribution in [0.4, 0.5) is 0 Å². The van der Waals surface area contributed by atoms with Gasteiger partial charge in [0.05, 0.1) is 18.8 Å². The van der Waals surface area contributed by atoms with Gasteiger partial charge in [-0.05, 0) is 31.4 Å². The van der Waals surface area contributed by atoms with Gasteiger partial charge in [-0.1, -0.05) is 37.2 Å². The molecular formula is C21H29N7O. The summed E-state index contributed by atoms with van der Waals surface area (Å²) in [5.74, 6) is 2.74. The summed E-state index contributed by atoms with van der Waals surface area (Å²) in [5.41, 5.74) is 3.11. The van der Waals surface area contributed by atoms with Gasteiger partial charge in [-0.2, -0.15) is 5.10 Å². The van der Waals surface area contributed by atoms with E-state index in [1.165, 1.54) is 6.33 Å². The lowest BCUT2D eigenvalue weighted by Gasteiger charge is -2.10. The molecule has 0 unspecified atom stereocenters. The number of nitrogens with zero attached hydrogens (tertiary/aromatic N) is 4. The summed E-state index contributed by atoms with van der Waals surface area (Å²) in [6.45, 7) is 8.26. The number of guanidine groups is 1. The van der Waals surface area contributed by atoms with Crippen molar-refractivity contribution in [2.75, 3.05) is 6.54 Å². The number of aromatic nitrogens is 4. The van der Waals surface area contributed by atoms with Crippen LogP contribution in [0.1, 0.15) is 56.5 Å². The first kappa shape index (κ1) is 20.6. The van der Waals surface area contributed by atoms with Crippen molar-refractivity contribution in [3.05, 3.63) is 53.7 Å². The highest BCUT2D eigenvalue weighted by atomic mass is 16.5. The van der Waals surface area contributed by atoms with E-state index in [2.05, 4.69) is 55.9 Å². The summed E-state index contributed by atoms with van der Waals surface area (Å²) in [7, 11) is 0. The minimum Gasteiger partial charge on any atom is -0.359 e. The van der Waals surface area contributed by atoms with E-state index in [0.29, 0.717) is 19.0 Å². The van der Waals surface area contributed by atoms with Gasteiger partial charge in [0, 0.05) is 24.1 Å². The van der Waals surface area contributed by atoms with Crippen molar-refractivity contribution >= 4 is 5.96 Å². The third-order valence-corrected chi connectivity index (χ3v) is 4.79. The van der Waals surface area contributed by atoms with E-state index >= 15 is 0 Å². The largest absolute Gasteiger partial charge is 0.359 e. The number of aromatic amines is 1. The number of nitrogens with one attached hydrogen (secondary N) is 3. The Bertz CT molecular complexity index is 897. The minimum absolute atomic E-state index is 0.450. The standard InChI is InChI=1S/C21H29N7O/c1-4-16(5-2)19-11-18(29-28-19)13-24-21(22-6-3)23-12-15-8-7-9-17(10-15)20-25-14-26-27-20/h7-11,14,16H,4-6,12-13H2,1-3H3,(H2,22,23,24)(H,25,26,27). The van der Waals surface area contributed by atoms with Gasteiger partial charge in [0.25, 0.3) is 0 Å². The normalized spacial score (nSPS) is 11.8. The fourth-order valence-corrected chi connectivity index (χ4v) is 3.16. The molecule has 0 radical (unpaired) electrons. The SMILES string of the molecule is CCNC(=NCc1cccc(-c2ncn[nH]2)c1)NCc1cc(C(CC)CC)no1. The van der Waals surface area contributed by atoms with Gasteiger partial charge in [0.15, 0.2) is 17.5 Å². The molecule has 1 aromatic carbocycles. The van der Waals surface area contributed by atoms with Crippen molar-refractivity contribution in [1.82, 2.24) is 31.0 Å². The van der Waals surface area contributed by atoms with Crippen LogP contribution in [0.15, 0.2) is 46.2 Å². The molecule has 3 rings (SSSR count). The van der Waals surface area contributed by atoms with Crippen LogP contribution in [0.2, 0.25) is 0 Å². The zero-order valence-corrected chi connectivity index (χ0v) is 17.3. The van der Waals surface area contributed by atoms with Crippen LogP contribution in [0.3, 0.4) is 0 Å². The Balaban J connectivity index is 1.62. The molecule has 0 fully saturated rings. The lowest BCUT2D eigenvalue weighted by Crippen LogP contribution is -2.36. The van der Waals surface area contributed by atoms with Gasteiger partial charge in [-0.3, -0.25) is 5.10 Å². The second-order valence-corrected chi connectivity index (χ2v) is 6.81. The molecule has 3 aromatic rings. The smallest absolute Gasteiger partial charge is 0.191 e. The molecule has 8 nitrogen and oxygen atoms in total. The van der Waals surface area contributed by atoms with Crippen LogP contribution in [0.25, 0.3) is 11.4 Å². The molecule has 8 heteroatoms. The first-order chi connectivity index (χ1) is 14.2. The molecule has 154 valence electrons. The van der Waals surface area contributed by atoms with Gasteiger partial charge in [-0.15, -0.1) is 0 Å². The summed E-state index contributed by atoms with van der Waals surface area (Å²) < 4.78 is 5.49. The van der Waals surface area contributed by atoms with Crippen LogP contribution in [-0.2, 0) is 13.1 Å². The third-order valence-electron chi connectivity index (χ3n) is 4.79. The van der Waals surface area contributed by atoms with Crippen molar-refractivity contribution in [2.45, 2.75) is 52.6 Å². The Kier molecular flexibility index (Phi) is 7.38. The second-order valence-electron chi connectivity index (χ2n) is 6.81. The van der Waals surface area contributed by atoms with Gasteiger partial charge in [0.1, 0.15) is 6.33 Å². The van der Waals surface area contributed by atoms with E-state index in [-0.39, 0.29) is 0 Å². The van der Waals surface area contributed by atoms with E-state index in [4.69, 9.17) is 4.52 Å². The van der Waals surface area contributed by atoms with Gasteiger partial charge in [-0.25, -0.2) is 9.98 Å². The molecule has 0 spiro atoms. The van der Waals surface area contributed by atoms with Gasteiger partial charge < -0.3 is 15.2 Å². The lowest BCUT2D eigenvalue weighted by molar-refractivity contribution is 0.368. The average Bonchev–Trinajstić information content (AvgIpc) is 3.44. The monoisotopic (exact) mass is 395 g/mol. The number of hydrogen-bond donors (Lipinski definition) is 3. The Morgan fingerprint density at radius 1 is 1.17 bits per heavy atom. The molecule has 0 saturated heterocycles. The van der Waals surface area contributed by atoms with E-state index in [1.54, 1.807) is 0 Å². The predicted molar refractivity (Wildman–Crippen MR) is 113 cm³/mol. The Morgan fingerprint density at radius 2 is 2.03 bits per heavy atom. The molecule has 0 amide bonds. The van der Waals surface area contributed by atoms with Crippen molar-refractivity contribution in [3.8, 4) is 11.4 Å². The molecule has 0 bridgehead atoms. The quantitative estimate of drug-likeness (QED) is 0.378. The number of benzene rings is 1.